The fourth-order valence-corrected chi connectivity index (χ4v) is 2.03. The van der Waals surface area contributed by atoms with Gasteiger partial charge in [-0.3, -0.25) is 4.79 Å². The van der Waals surface area contributed by atoms with Crippen LogP contribution in [0.25, 0.3) is 0 Å². The topological polar surface area (TPSA) is 38.3 Å². The fourth-order valence-electron chi connectivity index (χ4n) is 2.03. The molecule has 17 heavy (non-hydrogen) atoms. The Kier molecular flexibility index (Phi) is 3.79. The van der Waals surface area contributed by atoms with Crippen molar-refractivity contribution in [3.8, 4) is 0 Å². The molecular formula is C14H19NO2. The van der Waals surface area contributed by atoms with Crippen LogP contribution in [0.2, 0.25) is 0 Å². The van der Waals surface area contributed by atoms with Crippen molar-refractivity contribution in [2.24, 2.45) is 0 Å². The van der Waals surface area contributed by atoms with E-state index in [4.69, 9.17) is 4.74 Å². The molecule has 0 radical (unpaired) electrons. The third kappa shape index (κ3) is 3.07. The summed E-state index contributed by atoms with van der Waals surface area (Å²) in [5, 5.41) is 2.99. The van der Waals surface area contributed by atoms with Gasteiger partial charge in [-0.25, -0.2) is 0 Å². The van der Waals surface area contributed by atoms with Crippen molar-refractivity contribution in [2.75, 3.05) is 6.61 Å². The molecular weight excluding hydrogens is 214 g/mol. The maximum Gasteiger partial charge on any atom is 0.249 e. The second-order valence-corrected chi connectivity index (χ2v) is 4.64. The molecule has 1 aromatic carbocycles. The predicted octanol–water partition coefficient (Wildman–Crippen LogP) is 2.35. The summed E-state index contributed by atoms with van der Waals surface area (Å²) in [5.41, 5.74) is 2.35. The zero-order valence-electron chi connectivity index (χ0n) is 10.4. The van der Waals surface area contributed by atoms with Crippen LogP contribution in [0.15, 0.2) is 24.3 Å². The molecule has 1 fully saturated rings. The lowest BCUT2D eigenvalue weighted by Crippen LogP contribution is -2.35. The number of hydrogen-bond acceptors (Lipinski definition) is 2. The van der Waals surface area contributed by atoms with E-state index < -0.39 is 0 Å². The van der Waals surface area contributed by atoms with Crippen LogP contribution < -0.4 is 5.32 Å². The summed E-state index contributed by atoms with van der Waals surface area (Å²) in [6.45, 7) is 4.76. The largest absolute Gasteiger partial charge is 0.368 e. The number of rotatable bonds is 3. The lowest BCUT2D eigenvalue weighted by molar-refractivity contribution is -0.130. The van der Waals surface area contributed by atoms with E-state index in [9.17, 15) is 4.79 Å². The molecule has 0 saturated carbocycles. The quantitative estimate of drug-likeness (QED) is 0.870. The lowest BCUT2D eigenvalue weighted by Gasteiger charge is -2.17. The molecule has 1 saturated heterocycles. The van der Waals surface area contributed by atoms with Gasteiger partial charge in [-0.05, 0) is 32.3 Å². The van der Waals surface area contributed by atoms with Crippen molar-refractivity contribution in [2.45, 2.75) is 38.8 Å². The zero-order chi connectivity index (χ0) is 12.3. The van der Waals surface area contributed by atoms with Crippen molar-refractivity contribution >= 4 is 5.91 Å². The smallest absolute Gasteiger partial charge is 0.249 e. The van der Waals surface area contributed by atoms with Gasteiger partial charge in [0.1, 0.15) is 6.10 Å². The normalized spacial score (nSPS) is 21.2. The van der Waals surface area contributed by atoms with E-state index in [1.807, 2.05) is 6.92 Å². The van der Waals surface area contributed by atoms with Crippen LogP contribution in [-0.2, 0) is 9.53 Å². The average molecular weight is 233 g/mol. The number of carbonyl (C=O) groups is 1. The third-order valence-electron chi connectivity index (χ3n) is 3.16. The van der Waals surface area contributed by atoms with E-state index in [0.29, 0.717) is 6.61 Å². The van der Waals surface area contributed by atoms with Gasteiger partial charge in [0.2, 0.25) is 5.91 Å². The molecule has 3 nitrogen and oxygen atoms in total. The molecule has 1 aromatic rings. The van der Waals surface area contributed by atoms with Gasteiger partial charge >= 0.3 is 0 Å². The Labute approximate surface area is 102 Å². The molecule has 3 heteroatoms. The Morgan fingerprint density at radius 3 is 2.71 bits per heavy atom. The Morgan fingerprint density at radius 1 is 1.41 bits per heavy atom. The van der Waals surface area contributed by atoms with Crippen LogP contribution in [-0.4, -0.2) is 18.6 Å². The van der Waals surface area contributed by atoms with Crippen molar-refractivity contribution in [3.05, 3.63) is 35.4 Å². The number of aryl methyl sites for hydroxylation is 1. The number of benzene rings is 1. The van der Waals surface area contributed by atoms with E-state index >= 15 is 0 Å². The van der Waals surface area contributed by atoms with E-state index in [1.54, 1.807) is 0 Å². The number of nitrogens with one attached hydrogen (secondary N) is 1. The van der Waals surface area contributed by atoms with Gasteiger partial charge < -0.3 is 10.1 Å². The van der Waals surface area contributed by atoms with Crippen LogP contribution in [0.3, 0.4) is 0 Å². The minimum absolute atomic E-state index is 0.00979. The lowest BCUT2D eigenvalue weighted by atomic mass is 10.1. The second kappa shape index (κ2) is 5.32. The minimum Gasteiger partial charge on any atom is -0.368 e. The summed E-state index contributed by atoms with van der Waals surface area (Å²) in [6.07, 6.45) is 1.58. The number of amides is 1. The van der Waals surface area contributed by atoms with Crippen LogP contribution in [0.4, 0.5) is 0 Å². The standard InChI is InChI=1S/C14H19NO2/c1-10-5-7-12(8-6-10)11(2)15-14(16)13-4-3-9-17-13/h5-8,11,13H,3-4,9H2,1-2H3,(H,15,16)/t11-,13+/m0/s1. The average Bonchev–Trinajstić information content (AvgIpc) is 2.83. The van der Waals surface area contributed by atoms with E-state index in [-0.39, 0.29) is 18.1 Å². The molecule has 0 spiro atoms. The third-order valence-corrected chi connectivity index (χ3v) is 3.16. The van der Waals surface area contributed by atoms with Gasteiger partial charge in [0.05, 0.1) is 6.04 Å². The molecule has 1 aliphatic rings. The van der Waals surface area contributed by atoms with Crippen molar-refractivity contribution in [1.29, 1.82) is 0 Å². The molecule has 92 valence electrons. The molecule has 1 N–H and O–H groups in total. The molecule has 0 bridgehead atoms. The predicted molar refractivity (Wildman–Crippen MR) is 66.7 cm³/mol. The molecule has 1 heterocycles. The maximum absolute atomic E-state index is 11.9. The maximum atomic E-state index is 11.9. The molecule has 0 aromatic heterocycles. The highest BCUT2D eigenvalue weighted by Crippen LogP contribution is 2.16. The first-order valence-corrected chi connectivity index (χ1v) is 6.15. The van der Waals surface area contributed by atoms with Crippen molar-refractivity contribution in [1.82, 2.24) is 5.32 Å². The van der Waals surface area contributed by atoms with Crippen molar-refractivity contribution in [3.63, 3.8) is 0 Å². The van der Waals surface area contributed by atoms with E-state index in [0.717, 1.165) is 18.4 Å². The van der Waals surface area contributed by atoms with Crippen LogP contribution >= 0.6 is 0 Å². The van der Waals surface area contributed by atoms with Gasteiger partial charge in [0.25, 0.3) is 0 Å². The summed E-state index contributed by atoms with van der Waals surface area (Å²) >= 11 is 0. The van der Waals surface area contributed by atoms with Crippen LogP contribution in [0.5, 0.6) is 0 Å². The van der Waals surface area contributed by atoms with E-state index in [1.165, 1.54) is 5.56 Å². The van der Waals surface area contributed by atoms with Gasteiger partial charge in [0.15, 0.2) is 0 Å². The molecule has 2 rings (SSSR count). The summed E-state index contributed by atoms with van der Waals surface area (Å²) in [4.78, 5) is 11.9. The first-order valence-electron chi connectivity index (χ1n) is 6.15. The van der Waals surface area contributed by atoms with Crippen molar-refractivity contribution < 1.29 is 9.53 Å². The Bertz CT molecular complexity index is 380. The number of hydrogen-bond donors (Lipinski definition) is 1. The highest BCUT2D eigenvalue weighted by Gasteiger charge is 2.24. The second-order valence-electron chi connectivity index (χ2n) is 4.64. The number of carbonyl (C=O) groups excluding carboxylic acids is 1. The van der Waals surface area contributed by atoms with Gasteiger partial charge in [-0.2, -0.15) is 0 Å². The first-order chi connectivity index (χ1) is 8.16. The summed E-state index contributed by atoms with van der Waals surface area (Å²) in [5.74, 6) is 0.00979. The summed E-state index contributed by atoms with van der Waals surface area (Å²) < 4.78 is 5.36. The minimum atomic E-state index is -0.247. The molecule has 0 aliphatic carbocycles. The monoisotopic (exact) mass is 233 g/mol. The van der Waals surface area contributed by atoms with Gasteiger partial charge in [0, 0.05) is 6.61 Å². The van der Waals surface area contributed by atoms with Gasteiger partial charge in [-0.1, -0.05) is 29.8 Å². The SMILES string of the molecule is Cc1ccc([C@H](C)NC(=O)[C@H]2CCCO2)cc1. The first kappa shape index (κ1) is 12.1. The molecule has 1 amide bonds. The Balaban J connectivity index is 1.93. The Hall–Kier alpha value is -1.35. The van der Waals surface area contributed by atoms with Gasteiger partial charge in [-0.15, -0.1) is 0 Å². The van der Waals surface area contributed by atoms with Crippen LogP contribution in [0, 0.1) is 6.92 Å². The number of ether oxygens (including phenoxy) is 1. The molecule has 0 unspecified atom stereocenters. The molecule has 1 aliphatic heterocycles. The molecule has 2 atom stereocenters. The van der Waals surface area contributed by atoms with Crippen LogP contribution in [0.1, 0.15) is 36.9 Å². The fraction of sp³-hybridized carbons (Fsp3) is 0.500. The zero-order valence-corrected chi connectivity index (χ0v) is 10.4. The summed E-state index contributed by atoms with van der Waals surface area (Å²) in [7, 11) is 0. The highest BCUT2D eigenvalue weighted by atomic mass is 16.5. The summed E-state index contributed by atoms with van der Waals surface area (Å²) in [6, 6.07) is 8.26. The highest BCUT2D eigenvalue weighted by molar-refractivity contribution is 5.81. The van der Waals surface area contributed by atoms with E-state index in [2.05, 4.69) is 36.5 Å². The Morgan fingerprint density at radius 2 is 2.12 bits per heavy atom.